The molecule has 2 nitrogen and oxygen atoms in total. The number of aryl methyl sites for hydroxylation is 1. The van der Waals surface area contributed by atoms with Crippen molar-refractivity contribution in [1.82, 2.24) is 0 Å². The molecule has 3 rings (SSSR count). The second-order valence-corrected chi connectivity index (χ2v) is 6.38. The van der Waals surface area contributed by atoms with Crippen LogP contribution in [0.3, 0.4) is 0 Å². The van der Waals surface area contributed by atoms with E-state index in [0.29, 0.717) is 12.8 Å². The molecule has 108 valence electrons. The van der Waals surface area contributed by atoms with E-state index in [9.17, 15) is 9.59 Å². The molecule has 1 atom stereocenters. The van der Waals surface area contributed by atoms with E-state index in [1.165, 1.54) is 5.56 Å². The Labute approximate surface area is 125 Å². The molecule has 2 aliphatic carbocycles. The minimum atomic E-state index is -0.456. The zero-order valence-corrected chi connectivity index (χ0v) is 12.6. The van der Waals surface area contributed by atoms with Gasteiger partial charge in [-0.05, 0) is 56.4 Å². The molecule has 0 bridgehead atoms. The van der Waals surface area contributed by atoms with Crippen LogP contribution in [-0.2, 0) is 9.59 Å². The van der Waals surface area contributed by atoms with E-state index in [1.807, 2.05) is 25.1 Å². The molecule has 0 heterocycles. The molecule has 2 heteroatoms. The van der Waals surface area contributed by atoms with Crippen LogP contribution >= 0.6 is 0 Å². The summed E-state index contributed by atoms with van der Waals surface area (Å²) in [4.78, 5) is 24.4. The smallest absolute Gasteiger partial charge is 0.168 e. The number of Topliss-reactive ketones (excluding diaryl/α,β-unsaturated/α-hetero) is 1. The number of allylic oxidation sites excluding steroid dienone is 3. The first-order chi connectivity index (χ1) is 9.99. The van der Waals surface area contributed by atoms with E-state index < -0.39 is 5.41 Å². The number of ketones is 2. The molecular weight excluding hydrogens is 260 g/mol. The molecule has 1 unspecified atom stereocenters. The normalized spacial score (nSPS) is 27.5. The summed E-state index contributed by atoms with van der Waals surface area (Å²) in [6.45, 7) is 4.05. The fourth-order valence-corrected chi connectivity index (χ4v) is 3.31. The highest BCUT2D eigenvalue weighted by atomic mass is 16.1. The Bertz CT molecular complexity index is 661. The van der Waals surface area contributed by atoms with Gasteiger partial charge in [-0.3, -0.25) is 9.59 Å². The van der Waals surface area contributed by atoms with Crippen molar-refractivity contribution in [2.24, 2.45) is 5.41 Å². The molecule has 21 heavy (non-hydrogen) atoms. The van der Waals surface area contributed by atoms with Crippen molar-refractivity contribution in [1.29, 1.82) is 0 Å². The molecule has 1 aromatic rings. The second kappa shape index (κ2) is 5.10. The molecule has 1 aromatic carbocycles. The first-order valence-corrected chi connectivity index (χ1v) is 7.55. The van der Waals surface area contributed by atoms with E-state index in [0.717, 1.165) is 29.6 Å². The Hall–Kier alpha value is -1.96. The van der Waals surface area contributed by atoms with Crippen molar-refractivity contribution in [3.8, 4) is 0 Å². The van der Waals surface area contributed by atoms with Gasteiger partial charge < -0.3 is 0 Å². The summed E-state index contributed by atoms with van der Waals surface area (Å²) in [6.07, 6.45) is 6.43. The number of benzene rings is 1. The molecule has 0 N–H and O–H groups in total. The van der Waals surface area contributed by atoms with E-state index in [2.05, 4.69) is 19.1 Å². The largest absolute Gasteiger partial charge is 0.295 e. The average Bonchev–Trinajstić information content (AvgIpc) is 2.47. The Morgan fingerprint density at radius 3 is 2.48 bits per heavy atom. The van der Waals surface area contributed by atoms with Crippen LogP contribution in [0.25, 0.3) is 6.08 Å². The standard InChI is InChI=1S/C19H20O2/c1-13-3-5-14(6-4-13)11-15-7-8-16-12-17(20)9-10-19(16,2)18(15)21/h3-6,11-12H,7-10H2,1-2H3/b15-11+. The summed E-state index contributed by atoms with van der Waals surface area (Å²) in [7, 11) is 0. The number of hydrogen-bond acceptors (Lipinski definition) is 2. The third-order valence-corrected chi connectivity index (χ3v) is 4.79. The Morgan fingerprint density at radius 2 is 1.76 bits per heavy atom. The SMILES string of the molecule is Cc1ccc(/C=C2\CCC3=CC(=O)CCC3(C)C2=O)cc1. The minimum Gasteiger partial charge on any atom is -0.295 e. The van der Waals surface area contributed by atoms with Gasteiger partial charge >= 0.3 is 0 Å². The Morgan fingerprint density at radius 1 is 1.05 bits per heavy atom. The zero-order chi connectivity index (χ0) is 15.0. The quantitative estimate of drug-likeness (QED) is 0.728. The monoisotopic (exact) mass is 280 g/mol. The predicted octanol–water partition coefficient (Wildman–Crippen LogP) is 4.04. The van der Waals surface area contributed by atoms with Crippen LogP contribution in [-0.4, -0.2) is 11.6 Å². The summed E-state index contributed by atoms with van der Waals surface area (Å²) in [5.74, 6) is 0.370. The van der Waals surface area contributed by atoms with Crippen LogP contribution in [0.1, 0.15) is 43.7 Å². The van der Waals surface area contributed by atoms with Gasteiger partial charge in [0.15, 0.2) is 11.6 Å². The van der Waals surface area contributed by atoms with Gasteiger partial charge in [0, 0.05) is 6.42 Å². The third kappa shape index (κ3) is 2.51. The molecule has 1 fully saturated rings. The summed E-state index contributed by atoms with van der Waals surface area (Å²) in [6, 6.07) is 8.22. The highest BCUT2D eigenvalue weighted by molar-refractivity contribution is 6.08. The molecule has 0 aromatic heterocycles. The number of hydrogen-bond donors (Lipinski definition) is 0. The lowest BCUT2D eigenvalue weighted by molar-refractivity contribution is -0.125. The third-order valence-electron chi connectivity index (χ3n) is 4.79. The topological polar surface area (TPSA) is 34.1 Å². The summed E-state index contributed by atoms with van der Waals surface area (Å²) in [5, 5.41) is 0. The van der Waals surface area contributed by atoms with Gasteiger partial charge in [-0.1, -0.05) is 35.4 Å². The molecule has 0 spiro atoms. The summed E-state index contributed by atoms with van der Waals surface area (Å²) in [5.41, 5.74) is 3.77. The average molecular weight is 280 g/mol. The molecular formula is C19H20O2. The molecule has 0 saturated heterocycles. The van der Waals surface area contributed by atoms with Gasteiger partial charge in [-0.2, -0.15) is 0 Å². The number of fused-ring (bicyclic) bond motifs is 1. The number of carbonyl (C=O) groups excluding carboxylic acids is 2. The lowest BCUT2D eigenvalue weighted by atomic mass is 9.63. The molecule has 0 amide bonds. The van der Waals surface area contributed by atoms with Gasteiger partial charge in [-0.15, -0.1) is 0 Å². The fourth-order valence-electron chi connectivity index (χ4n) is 3.31. The van der Waals surface area contributed by atoms with Gasteiger partial charge in [0.1, 0.15) is 0 Å². The van der Waals surface area contributed by atoms with Crippen LogP contribution < -0.4 is 0 Å². The Kier molecular flexibility index (Phi) is 3.40. The highest BCUT2D eigenvalue weighted by Gasteiger charge is 2.43. The predicted molar refractivity (Wildman–Crippen MR) is 83.8 cm³/mol. The summed E-state index contributed by atoms with van der Waals surface area (Å²) < 4.78 is 0. The van der Waals surface area contributed by atoms with E-state index >= 15 is 0 Å². The zero-order valence-electron chi connectivity index (χ0n) is 12.6. The van der Waals surface area contributed by atoms with Gasteiger partial charge in [0.25, 0.3) is 0 Å². The lowest BCUT2D eigenvalue weighted by Gasteiger charge is -2.38. The molecule has 0 radical (unpaired) electrons. The summed E-state index contributed by atoms with van der Waals surface area (Å²) >= 11 is 0. The maximum atomic E-state index is 12.8. The highest BCUT2D eigenvalue weighted by Crippen LogP contribution is 2.46. The van der Waals surface area contributed by atoms with Crippen LogP contribution in [0.4, 0.5) is 0 Å². The van der Waals surface area contributed by atoms with Gasteiger partial charge in [0.2, 0.25) is 0 Å². The minimum absolute atomic E-state index is 0.168. The van der Waals surface area contributed by atoms with Crippen LogP contribution in [0.5, 0.6) is 0 Å². The van der Waals surface area contributed by atoms with Crippen LogP contribution in [0.15, 0.2) is 41.5 Å². The van der Waals surface area contributed by atoms with Crippen LogP contribution in [0.2, 0.25) is 0 Å². The van der Waals surface area contributed by atoms with Crippen molar-refractivity contribution in [2.75, 3.05) is 0 Å². The van der Waals surface area contributed by atoms with Crippen molar-refractivity contribution in [3.05, 3.63) is 52.6 Å². The number of carbonyl (C=O) groups is 2. The van der Waals surface area contributed by atoms with E-state index in [4.69, 9.17) is 0 Å². The van der Waals surface area contributed by atoms with Crippen molar-refractivity contribution in [3.63, 3.8) is 0 Å². The van der Waals surface area contributed by atoms with E-state index in [-0.39, 0.29) is 11.6 Å². The van der Waals surface area contributed by atoms with Gasteiger partial charge in [0.05, 0.1) is 5.41 Å². The lowest BCUT2D eigenvalue weighted by Crippen LogP contribution is -2.38. The molecule has 0 aliphatic heterocycles. The van der Waals surface area contributed by atoms with Crippen molar-refractivity contribution in [2.45, 2.75) is 39.5 Å². The van der Waals surface area contributed by atoms with Crippen LogP contribution in [0, 0.1) is 12.3 Å². The van der Waals surface area contributed by atoms with Gasteiger partial charge in [-0.25, -0.2) is 0 Å². The molecule has 1 saturated carbocycles. The fraction of sp³-hybridized carbons (Fsp3) is 0.368. The first kappa shape index (κ1) is 14.0. The Balaban J connectivity index is 1.94. The van der Waals surface area contributed by atoms with Crippen molar-refractivity contribution >= 4 is 17.6 Å². The second-order valence-electron chi connectivity index (χ2n) is 6.38. The first-order valence-electron chi connectivity index (χ1n) is 7.55. The maximum absolute atomic E-state index is 12.8. The van der Waals surface area contributed by atoms with E-state index in [1.54, 1.807) is 6.08 Å². The van der Waals surface area contributed by atoms with Crippen molar-refractivity contribution < 1.29 is 9.59 Å². The number of rotatable bonds is 1. The molecule has 2 aliphatic rings. The maximum Gasteiger partial charge on any atom is 0.168 e.